The topological polar surface area (TPSA) is 42.2 Å². The van der Waals surface area contributed by atoms with Crippen LogP contribution in [0.5, 0.6) is 0 Å². The zero-order chi connectivity index (χ0) is 17.8. The highest BCUT2D eigenvalue weighted by atomic mass is 19.1. The second-order valence-electron chi connectivity index (χ2n) is 6.82. The van der Waals surface area contributed by atoms with Gasteiger partial charge in [-0.1, -0.05) is 24.1 Å². The molecular formula is C21H22FN3O. The summed E-state index contributed by atoms with van der Waals surface area (Å²) in [5, 5.41) is 4.23. The van der Waals surface area contributed by atoms with E-state index >= 15 is 0 Å². The molecule has 0 saturated carbocycles. The van der Waals surface area contributed by atoms with E-state index < -0.39 is 0 Å². The van der Waals surface area contributed by atoms with Crippen molar-refractivity contribution in [2.75, 3.05) is 6.54 Å². The van der Waals surface area contributed by atoms with Gasteiger partial charge in [0.25, 0.3) is 0 Å². The summed E-state index contributed by atoms with van der Waals surface area (Å²) in [6.45, 7) is 1.89. The minimum Gasteiger partial charge on any atom is -0.359 e. The molecule has 1 aliphatic rings. The molecule has 0 unspecified atom stereocenters. The molecule has 134 valence electrons. The molecule has 5 heteroatoms. The fourth-order valence-corrected chi connectivity index (χ4v) is 3.61. The summed E-state index contributed by atoms with van der Waals surface area (Å²) in [6.07, 6.45) is 8.38. The van der Waals surface area contributed by atoms with Crippen LogP contribution in [-0.2, 0) is 6.54 Å². The molecule has 2 aromatic heterocycles. The summed E-state index contributed by atoms with van der Waals surface area (Å²) in [5.74, 6) is 0.638. The van der Waals surface area contributed by atoms with E-state index in [4.69, 9.17) is 4.52 Å². The van der Waals surface area contributed by atoms with E-state index in [1.165, 1.54) is 37.0 Å². The van der Waals surface area contributed by atoms with E-state index in [0.717, 1.165) is 36.5 Å². The maximum Gasteiger partial charge on any atom is 0.154 e. The Morgan fingerprint density at radius 2 is 2.00 bits per heavy atom. The lowest BCUT2D eigenvalue weighted by molar-refractivity contribution is 0.160. The summed E-state index contributed by atoms with van der Waals surface area (Å²) in [4.78, 5) is 6.69. The van der Waals surface area contributed by atoms with E-state index in [1.54, 1.807) is 18.3 Å². The fraction of sp³-hybridized carbons (Fsp3) is 0.333. The Morgan fingerprint density at radius 1 is 1.12 bits per heavy atom. The molecule has 0 spiro atoms. The van der Waals surface area contributed by atoms with Gasteiger partial charge < -0.3 is 4.52 Å². The largest absolute Gasteiger partial charge is 0.359 e. The Kier molecular flexibility index (Phi) is 5.07. The van der Waals surface area contributed by atoms with Gasteiger partial charge in [0.15, 0.2) is 5.76 Å². The molecule has 3 aromatic rings. The smallest absolute Gasteiger partial charge is 0.154 e. The molecule has 0 bridgehead atoms. The molecule has 26 heavy (non-hydrogen) atoms. The van der Waals surface area contributed by atoms with Crippen LogP contribution in [0.1, 0.15) is 43.0 Å². The van der Waals surface area contributed by atoms with Crippen LogP contribution in [0.3, 0.4) is 0 Å². The summed E-state index contributed by atoms with van der Waals surface area (Å²) in [6, 6.07) is 12.7. The molecule has 0 amide bonds. The minimum atomic E-state index is -0.246. The lowest BCUT2D eigenvalue weighted by atomic mass is 10.1. The maximum absolute atomic E-state index is 13.1. The van der Waals surface area contributed by atoms with Gasteiger partial charge in [-0.3, -0.25) is 9.88 Å². The van der Waals surface area contributed by atoms with Crippen LogP contribution in [0.25, 0.3) is 11.3 Å². The maximum atomic E-state index is 13.1. The third kappa shape index (κ3) is 3.83. The Balaban J connectivity index is 1.58. The molecule has 1 aliphatic heterocycles. The van der Waals surface area contributed by atoms with Gasteiger partial charge in [-0.05, 0) is 55.3 Å². The number of hydrogen-bond acceptors (Lipinski definition) is 4. The number of pyridine rings is 1. The van der Waals surface area contributed by atoms with Crippen molar-refractivity contribution in [2.45, 2.75) is 38.3 Å². The zero-order valence-corrected chi connectivity index (χ0v) is 14.6. The van der Waals surface area contributed by atoms with Crippen molar-refractivity contribution in [3.05, 3.63) is 72.0 Å². The standard InChI is InChI=1S/C21H22FN3O/c22-18-9-7-17(8-10-18)19-13-21(26-24-19)20-6-2-1-3-12-25(20)15-16-5-4-11-23-14-16/h4-5,7-11,13-14,20H,1-3,6,12,15H2/t20-/m1/s1. The summed E-state index contributed by atoms with van der Waals surface area (Å²) in [5.41, 5.74) is 2.83. The van der Waals surface area contributed by atoms with Crippen molar-refractivity contribution in [2.24, 2.45) is 0 Å². The van der Waals surface area contributed by atoms with Crippen molar-refractivity contribution in [1.29, 1.82) is 0 Å². The van der Waals surface area contributed by atoms with Crippen LogP contribution in [0, 0.1) is 5.82 Å². The molecule has 1 atom stereocenters. The minimum absolute atomic E-state index is 0.208. The second-order valence-corrected chi connectivity index (χ2v) is 6.82. The molecule has 0 N–H and O–H groups in total. The van der Waals surface area contributed by atoms with Gasteiger partial charge in [-0.15, -0.1) is 0 Å². The molecule has 0 radical (unpaired) electrons. The Hall–Kier alpha value is -2.53. The highest BCUT2D eigenvalue weighted by molar-refractivity contribution is 5.58. The highest BCUT2D eigenvalue weighted by Gasteiger charge is 2.26. The van der Waals surface area contributed by atoms with Gasteiger partial charge in [-0.2, -0.15) is 0 Å². The lowest BCUT2D eigenvalue weighted by Crippen LogP contribution is -2.28. The fourth-order valence-electron chi connectivity index (χ4n) is 3.61. The van der Waals surface area contributed by atoms with Gasteiger partial charge >= 0.3 is 0 Å². The van der Waals surface area contributed by atoms with E-state index in [2.05, 4.69) is 21.1 Å². The van der Waals surface area contributed by atoms with Crippen LogP contribution in [0.4, 0.5) is 4.39 Å². The van der Waals surface area contributed by atoms with Crippen LogP contribution in [-0.4, -0.2) is 21.6 Å². The number of rotatable bonds is 4. The van der Waals surface area contributed by atoms with Crippen molar-refractivity contribution in [3.8, 4) is 11.3 Å². The van der Waals surface area contributed by atoms with E-state index in [0.29, 0.717) is 0 Å². The van der Waals surface area contributed by atoms with Crippen LogP contribution >= 0.6 is 0 Å². The molecule has 4 nitrogen and oxygen atoms in total. The lowest BCUT2D eigenvalue weighted by Gasteiger charge is -2.27. The molecule has 1 aromatic carbocycles. The Morgan fingerprint density at radius 3 is 2.81 bits per heavy atom. The first kappa shape index (κ1) is 16.9. The monoisotopic (exact) mass is 351 g/mol. The van der Waals surface area contributed by atoms with Crippen molar-refractivity contribution in [1.82, 2.24) is 15.0 Å². The van der Waals surface area contributed by atoms with Crippen LogP contribution in [0.2, 0.25) is 0 Å². The Bertz CT molecular complexity index is 832. The third-order valence-electron chi connectivity index (χ3n) is 4.97. The predicted octanol–water partition coefficient (Wildman–Crippen LogP) is 4.99. The summed E-state index contributed by atoms with van der Waals surface area (Å²) >= 11 is 0. The summed E-state index contributed by atoms with van der Waals surface area (Å²) in [7, 11) is 0. The highest BCUT2D eigenvalue weighted by Crippen LogP contribution is 2.33. The molecular weight excluding hydrogens is 329 g/mol. The van der Waals surface area contributed by atoms with Gasteiger partial charge in [0.2, 0.25) is 0 Å². The van der Waals surface area contributed by atoms with Gasteiger partial charge in [-0.25, -0.2) is 4.39 Å². The van der Waals surface area contributed by atoms with Crippen molar-refractivity contribution < 1.29 is 8.91 Å². The third-order valence-corrected chi connectivity index (χ3v) is 4.97. The molecule has 3 heterocycles. The SMILES string of the molecule is Fc1ccc(-c2cc([C@H]3CCCCCN3Cc3cccnc3)on2)cc1. The number of nitrogens with zero attached hydrogens (tertiary/aromatic N) is 3. The molecule has 1 fully saturated rings. The molecule has 0 aliphatic carbocycles. The van der Waals surface area contributed by atoms with Crippen LogP contribution < -0.4 is 0 Å². The van der Waals surface area contributed by atoms with Gasteiger partial charge in [0, 0.05) is 30.6 Å². The number of benzene rings is 1. The molecule has 4 rings (SSSR count). The summed E-state index contributed by atoms with van der Waals surface area (Å²) < 4.78 is 18.9. The number of halogens is 1. The second kappa shape index (κ2) is 7.79. The van der Waals surface area contributed by atoms with E-state index in [1.807, 2.05) is 18.3 Å². The van der Waals surface area contributed by atoms with Crippen LogP contribution in [0.15, 0.2) is 59.4 Å². The van der Waals surface area contributed by atoms with Crippen molar-refractivity contribution in [3.63, 3.8) is 0 Å². The van der Waals surface area contributed by atoms with E-state index in [9.17, 15) is 4.39 Å². The van der Waals surface area contributed by atoms with Gasteiger partial charge in [0.05, 0.1) is 6.04 Å². The average Bonchev–Trinajstić information content (AvgIpc) is 3.04. The number of hydrogen-bond donors (Lipinski definition) is 0. The number of likely N-dealkylation sites (tertiary alicyclic amines) is 1. The van der Waals surface area contributed by atoms with Gasteiger partial charge in [0.1, 0.15) is 11.5 Å². The van der Waals surface area contributed by atoms with Crippen molar-refractivity contribution >= 4 is 0 Å². The Labute approximate surface area is 152 Å². The normalized spacial score (nSPS) is 18.6. The van der Waals surface area contributed by atoms with E-state index in [-0.39, 0.29) is 11.9 Å². The molecule has 1 saturated heterocycles. The predicted molar refractivity (Wildman–Crippen MR) is 97.8 cm³/mol. The quantitative estimate of drug-likeness (QED) is 0.664. The first-order chi connectivity index (χ1) is 12.8. The zero-order valence-electron chi connectivity index (χ0n) is 14.6. The average molecular weight is 351 g/mol. The first-order valence-electron chi connectivity index (χ1n) is 9.15. The first-order valence-corrected chi connectivity index (χ1v) is 9.15. The number of aromatic nitrogens is 2.